The van der Waals surface area contributed by atoms with Crippen LogP contribution in [0.2, 0.25) is 0 Å². The van der Waals surface area contributed by atoms with Gasteiger partial charge in [0, 0.05) is 54.7 Å². The summed E-state index contributed by atoms with van der Waals surface area (Å²) in [5.74, 6) is -0.0210. The highest BCUT2D eigenvalue weighted by molar-refractivity contribution is 5.96. The number of rotatable bonds is 8. The fraction of sp³-hybridized carbons (Fsp3) is 0.556. The summed E-state index contributed by atoms with van der Waals surface area (Å²) in [5.41, 5.74) is 5.15. The summed E-state index contributed by atoms with van der Waals surface area (Å²) in [6.45, 7) is 11.2. The van der Waals surface area contributed by atoms with Crippen molar-refractivity contribution in [1.82, 2.24) is 25.0 Å². The molecule has 0 radical (unpaired) electrons. The Kier molecular flexibility index (Phi) is 7.43. The lowest BCUT2D eigenvalue weighted by Crippen LogP contribution is -2.55. The minimum absolute atomic E-state index is 0.0551. The zero-order chi connectivity index (χ0) is 24.4. The number of piperidine rings is 1. The molecule has 34 heavy (non-hydrogen) atoms. The van der Waals surface area contributed by atoms with Crippen LogP contribution in [0.25, 0.3) is 10.9 Å². The van der Waals surface area contributed by atoms with E-state index in [9.17, 15) is 9.59 Å². The van der Waals surface area contributed by atoms with E-state index >= 15 is 0 Å². The molecule has 1 fully saturated rings. The van der Waals surface area contributed by atoms with Gasteiger partial charge in [0.2, 0.25) is 5.91 Å². The third-order valence-electron chi connectivity index (χ3n) is 7.45. The van der Waals surface area contributed by atoms with Crippen molar-refractivity contribution in [2.45, 2.75) is 45.1 Å². The van der Waals surface area contributed by atoms with Crippen LogP contribution in [-0.2, 0) is 11.2 Å². The maximum Gasteiger partial charge on any atom is 0.324 e. The van der Waals surface area contributed by atoms with Crippen molar-refractivity contribution in [3.05, 3.63) is 47.7 Å². The van der Waals surface area contributed by atoms with Crippen LogP contribution in [0.15, 0.2) is 30.9 Å². The highest BCUT2D eigenvalue weighted by Gasteiger charge is 2.44. The first-order valence-corrected chi connectivity index (χ1v) is 12.5. The SMILES string of the molecule is C=CCN1CC(C(=O)N(CCCN(C)C)C(=O)NCC)C[C@@H]2c3cccc4[nH]c(C)c(c34)C[C@H]21. The van der Waals surface area contributed by atoms with Crippen LogP contribution in [0.3, 0.4) is 0 Å². The summed E-state index contributed by atoms with van der Waals surface area (Å²) in [6, 6.07) is 6.54. The Hall–Kier alpha value is -2.64. The van der Waals surface area contributed by atoms with Crippen LogP contribution in [0.5, 0.6) is 0 Å². The summed E-state index contributed by atoms with van der Waals surface area (Å²) in [6.07, 6.45) is 4.44. The van der Waals surface area contributed by atoms with Crippen molar-refractivity contribution in [3.63, 3.8) is 0 Å². The number of imide groups is 1. The standard InChI is InChI=1S/C27H39N5O2/c1-6-12-31-17-19(26(33)32(27(34)28-7-2)14-9-13-30(4)5)15-22-20-10-8-11-23-25(20)21(16-24(22)31)18(3)29-23/h6,8,10-11,19,22,24,29H,1,7,9,12-17H2,2-5H3,(H,28,34)/t19?,22-,24-/m1/s1. The molecule has 1 aromatic carbocycles. The molecular weight excluding hydrogens is 426 g/mol. The van der Waals surface area contributed by atoms with Gasteiger partial charge in [-0.2, -0.15) is 0 Å². The number of urea groups is 1. The zero-order valence-corrected chi connectivity index (χ0v) is 21.1. The van der Waals surface area contributed by atoms with Crippen molar-refractivity contribution in [2.75, 3.05) is 46.8 Å². The van der Waals surface area contributed by atoms with Gasteiger partial charge in [-0.15, -0.1) is 6.58 Å². The largest absolute Gasteiger partial charge is 0.358 e. The second kappa shape index (κ2) is 10.3. The van der Waals surface area contributed by atoms with Gasteiger partial charge >= 0.3 is 6.03 Å². The van der Waals surface area contributed by atoms with E-state index in [1.807, 2.05) is 27.1 Å². The minimum Gasteiger partial charge on any atom is -0.358 e. The van der Waals surface area contributed by atoms with Crippen molar-refractivity contribution in [3.8, 4) is 0 Å². The van der Waals surface area contributed by atoms with Crippen LogP contribution < -0.4 is 5.32 Å². The molecule has 1 saturated heterocycles. The molecule has 3 atom stereocenters. The average molecular weight is 466 g/mol. The molecule has 1 unspecified atom stereocenters. The van der Waals surface area contributed by atoms with Gasteiger partial charge in [-0.05, 0) is 70.9 Å². The molecule has 1 aliphatic heterocycles. The lowest BCUT2D eigenvalue weighted by molar-refractivity contribution is -0.135. The van der Waals surface area contributed by atoms with Gasteiger partial charge in [-0.1, -0.05) is 18.2 Å². The first-order valence-electron chi connectivity index (χ1n) is 12.5. The molecule has 3 amide bonds. The van der Waals surface area contributed by atoms with E-state index in [4.69, 9.17) is 0 Å². The predicted octanol–water partition coefficient (Wildman–Crippen LogP) is 3.50. The molecule has 2 aliphatic rings. The van der Waals surface area contributed by atoms with E-state index in [-0.39, 0.29) is 23.8 Å². The second-order valence-electron chi connectivity index (χ2n) is 10.0. The fourth-order valence-electron chi connectivity index (χ4n) is 5.94. The summed E-state index contributed by atoms with van der Waals surface area (Å²) in [7, 11) is 4.01. The molecule has 7 nitrogen and oxygen atoms in total. The number of likely N-dealkylation sites (tertiary alicyclic amines) is 1. The Morgan fingerprint density at radius 1 is 1.29 bits per heavy atom. The first kappa shape index (κ1) is 24.5. The molecule has 4 rings (SSSR count). The monoisotopic (exact) mass is 465 g/mol. The van der Waals surface area contributed by atoms with Gasteiger partial charge in [0.15, 0.2) is 0 Å². The number of aromatic amines is 1. The van der Waals surface area contributed by atoms with Gasteiger partial charge in [0.05, 0.1) is 5.92 Å². The van der Waals surface area contributed by atoms with Crippen molar-refractivity contribution < 1.29 is 9.59 Å². The number of carbonyl (C=O) groups excluding carboxylic acids is 2. The molecule has 0 saturated carbocycles. The van der Waals surface area contributed by atoms with E-state index in [0.29, 0.717) is 25.7 Å². The molecule has 2 N–H and O–H groups in total. The van der Waals surface area contributed by atoms with Crippen molar-refractivity contribution in [1.29, 1.82) is 0 Å². The Morgan fingerprint density at radius 2 is 2.09 bits per heavy atom. The molecule has 184 valence electrons. The summed E-state index contributed by atoms with van der Waals surface area (Å²) in [5, 5.41) is 4.18. The van der Waals surface area contributed by atoms with Crippen molar-refractivity contribution >= 4 is 22.8 Å². The average Bonchev–Trinajstić information content (AvgIpc) is 3.13. The lowest BCUT2D eigenvalue weighted by atomic mass is 9.71. The summed E-state index contributed by atoms with van der Waals surface area (Å²) in [4.78, 5) is 36.2. The predicted molar refractivity (Wildman–Crippen MR) is 137 cm³/mol. The zero-order valence-electron chi connectivity index (χ0n) is 21.1. The molecular formula is C27H39N5O2. The Morgan fingerprint density at radius 3 is 2.79 bits per heavy atom. The van der Waals surface area contributed by atoms with E-state index in [2.05, 4.69) is 51.8 Å². The number of H-pyrrole nitrogens is 1. The molecule has 0 bridgehead atoms. The Bertz CT molecular complexity index is 1060. The third kappa shape index (κ3) is 4.64. The van der Waals surface area contributed by atoms with E-state index in [1.165, 1.54) is 32.6 Å². The van der Waals surface area contributed by atoms with E-state index in [0.717, 1.165) is 32.4 Å². The maximum absolute atomic E-state index is 13.8. The van der Waals surface area contributed by atoms with Crippen LogP contribution in [-0.4, -0.2) is 84.5 Å². The molecule has 7 heteroatoms. The second-order valence-corrected chi connectivity index (χ2v) is 10.0. The highest BCUT2D eigenvalue weighted by Crippen LogP contribution is 2.46. The number of aryl methyl sites for hydroxylation is 1. The number of nitrogens with one attached hydrogen (secondary N) is 2. The Labute approximate surface area is 203 Å². The quantitative estimate of drug-likeness (QED) is 0.586. The van der Waals surface area contributed by atoms with Crippen LogP contribution >= 0.6 is 0 Å². The van der Waals surface area contributed by atoms with Gasteiger partial charge in [0.25, 0.3) is 0 Å². The topological polar surface area (TPSA) is 71.7 Å². The molecule has 1 aliphatic carbocycles. The fourth-order valence-corrected chi connectivity index (χ4v) is 5.94. The van der Waals surface area contributed by atoms with Gasteiger partial charge in [0.1, 0.15) is 0 Å². The van der Waals surface area contributed by atoms with Gasteiger partial charge in [-0.3, -0.25) is 14.6 Å². The van der Waals surface area contributed by atoms with Crippen LogP contribution in [0, 0.1) is 12.8 Å². The number of nitrogens with zero attached hydrogens (tertiary/aromatic N) is 3. The molecule has 2 heterocycles. The number of amides is 3. The lowest BCUT2D eigenvalue weighted by Gasteiger charge is -2.47. The van der Waals surface area contributed by atoms with Crippen LogP contribution in [0.1, 0.15) is 42.5 Å². The normalized spacial score (nSPS) is 22.0. The highest BCUT2D eigenvalue weighted by atomic mass is 16.2. The maximum atomic E-state index is 13.8. The summed E-state index contributed by atoms with van der Waals surface area (Å²) >= 11 is 0. The number of hydrogen-bond acceptors (Lipinski definition) is 4. The van der Waals surface area contributed by atoms with Gasteiger partial charge < -0.3 is 15.2 Å². The number of hydrogen-bond donors (Lipinski definition) is 2. The van der Waals surface area contributed by atoms with Gasteiger partial charge in [-0.25, -0.2) is 4.79 Å². The van der Waals surface area contributed by atoms with Crippen LogP contribution in [0.4, 0.5) is 4.79 Å². The molecule has 2 aromatic rings. The number of fused-ring (bicyclic) bond motifs is 2. The minimum atomic E-state index is -0.280. The third-order valence-corrected chi connectivity index (χ3v) is 7.45. The molecule has 0 spiro atoms. The number of benzene rings is 1. The summed E-state index contributed by atoms with van der Waals surface area (Å²) < 4.78 is 0. The van der Waals surface area contributed by atoms with E-state index < -0.39 is 0 Å². The number of carbonyl (C=O) groups is 2. The van der Waals surface area contributed by atoms with Crippen molar-refractivity contribution in [2.24, 2.45) is 5.92 Å². The van der Waals surface area contributed by atoms with E-state index in [1.54, 1.807) is 0 Å². The smallest absolute Gasteiger partial charge is 0.324 e. The molecule has 1 aromatic heterocycles. The Balaban J connectivity index is 1.64. The number of aromatic nitrogens is 1. The first-order chi connectivity index (χ1) is 16.3.